The molecular weight excluding hydrogens is 222 g/mol. The van der Waals surface area contributed by atoms with Crippen molar-refractivity contribution < 1.29 is 0 Å². The van der Waals surface area contributed by atoms with Gasteiger partial charge in [0.1, 0.15) is 0 Å². The summed E-state index contributed by atoms with van der Waals surface area (Å²) in [4.78, 5) is 6.77. The second kappa shape index (κ2) is 5.89. The van der Waals surface area contributed by atoms with Gasteiger partial charge in [0.2, 0.25) is 0 Å². The van der Waals surface area contributed by atoms with E-state index in [0.717, 1.165) is 6.54 Å². The summed E-state index contributed by atoms with van der Waals surface area (Å²) in [5, 5.41) is 0. The topological polar surface area (TPSA) is 41.6 Å². The molecule has 0 saturated carbocycles. The van der Waals surface area contributed by atoms with Crippen molar-refractivity contribution in [1.82, 2.24) is 4.90 Å². The summed E-state index contributed by atoms with van der Waals surface area (Å²) in [6.07, 6.45) is 2.51. The number of hydrogen-bond donors (Lipinski definition) is 1. The molecule has 3 heteroatoms. The minimum atomic E-state index is 0.515. The average Bonchev–Trinajstić information content (AvgIpc) is 2.40. The number of hydrogen-bond acceptors (Lipinski definition) is 1. The van der Waals surface area contributed by atoms with Gasteiger partial charge in [-0.1, -0.05) is 37.3 Å². The average molecular weight is 245 g/mol. The summed E-state index contributed by atoms with van der Waals surface area (Å²) in [6, 6.07) is 10.8. The van der Waals surface area contributed by atoms with Gasteiger partial charge >= 0.3 is 0 Å². The maximum Gasteiger partial charge on any atom is 0.191 e. The molecule has 2 rings (SSSR count). The molecule has 1 aromatic carbocycles. The van der Waals surface area contributed by atoms with Gasteiger partial charge in [0.25, 0.3) is 0 Å². The van der Waals surface area contributed by atoms with Crippen molar-refractivity contribution in [3.05, 3.63) is 35.9 Å². The van der Waals surface area contributed by atoms with Gasteiger partial charge in [-0.25, -0.2) is 4.99 Å². The molecule has 0 spiro atoms. The van der Waals surface area contributed by atoms with E-state index >= 15 is 0 Å². The molecule has 1 saturated heterocycles. The number of piperidine rings is 1. The second-order valence-electron chi connectivity index (χ2n) is 5.34. The van der Waals surface area contributed by atoms with Crippen molar-refractivity contribution >= 4 is 5.96 Å². The Balaban J connectivity index is 1.99. The lowest BCUT2D eigenvalue weighted by atomic mass is 9.95. The Hall–Kier alpha value is -1.51. The number of nitrogens with zero attached hydrogens (tertiary/aromatic N) is 2. The first-order chi connectivity index (χ1) is 8.66. The molecule has 0 radical (unpaired) electrons. The number of nitrogens with two attached hydrogens (primary N) is 1. The molecule has 3 nitrogen and oxygen atoms in total. The highest BCUT2D eigenvalue weighted by Gasteiger charge is 2.23. The first kappa shape index (κ1) is 12.9. The fourth-order valence-electron chi connectivity index (χ4n) is 2.45. The van der Waals surface area contributed by atoms with Crippen LogP contribution in [0.1, 0.15) is 32.3 Å². The summed E-state index contributed by atoms with van der Waals surface area (Å²) in [7, 11) is 0. The molecule has 1 aliphatic heterocycles. The zero-order valence-electron chi connectivity index (χ0n) is 11.3. The molecular formula is C15H23N3. The zero-order valence-corrected chi connectivity index (χ0v) is 11.3. The molecule has 0 aliphatic carbocycles. The van der Waals surface area contributed by atoms with Gasteiger partial charge in [-0.15, -0.1) is 0 Å². The normalized spacial score (nSPS) is 25.2. The minimum absolute atomic E-state index is 0.515. The van der Waals surface area contributed by atoms with E-state index in [1.54, 1.807) is 0 Å². The Kier molecular flexibility index (Phi) is 4.24. The number of benzene rings is 1. The van der Waals surface area contributed by atoms with E-state index in [4.69, 9.17) is 5.73 Å². The summed E-state index contributed by atoms with van der Waals surface area (Å²) < 4.78 is 0. The van der Waals surface area contributed by atoms with Crippen LogP contribution in [-0.4, -0.2) is 23.4 Å². The predicted octanol–water partition coefficient (Wildman–Crippen LogP) is 2.62. The standard InChI is InChI=1S/C15H23N3/c1-12-8-9-13(2)18(11-12)15(16)17-10-14-6-4-3-5-7-14/h3-7,12-13H,8-11H2,1-2H3,(H2,16,17). The first-order valence-electron chi connectivity index (χ1n) is 6.77. The van der Waals surface area contributed by atoms with Crippen LogP contribution in [0.2, 0.25) is 0 Å². The smallest absolute Gasteiger partial charge is 0.191 e. The molecule has 0 amide bonds. The van der Waals surface area contributed by atoms with E-state index in [2.05, 4.69) is 35.9 Å². The number of likely N-dealkylation sites (tertiary alicyclic amines) is 1. The summed E-state index contributed by atoms with van der Waals surface area (Å²) in [6.45, 7) is 6.22. The molecule has 1 heterocycles. The van der Waals surface area contributed by atoms with E-state index in [1.165, 1.54) is 18.4 Å². The maximum absolute atomic E-state index is 6.12. The van der Waals surface area contributed by atoms with Crippen molar-refractivity contribution in [3.63, 3.8) is 0 Å². The second-order valence-corrected chi connectivity index (χ2v) is 5.34. The van der Waals surface area contributed by atoms with Crippen LogP contribution >= 0.6 is 0 Å². The molecule has 18 heavy (non-hydrogen) atoms. The van der Waals surface area contributed by atoms with Crippen LogP contribution < -0.4 is 5.73 Å². The third kappa shape index (κ3) is 3.25. The monoisotopic (exact) mass is 245 g/mol. The number of guanidine groups is 1. The molecule has 2 atom stereocenters. The van der Waals surface area contributed by atoms with Gasteiger partial charge in [0.05, 0.1) is 6.54 Å². The van der Waals surface area contributed by atoms with Crippen molar-refractivity contribution in [2.24, 2.45) is 16.6 Å². The molecule has 2 N–H and O–H groups in total. The molecule has 1 fully saturated rings. The third-order valence-electron chi connectivity index (χ3n) is 3.68. The maximum atomic E-state index is 6.12. The predicted molar refractivity (Wildman–Crippen MR) is 76.3 cm³/mol. The highest BCUT2D eigenvalue weighted by atomic mass is 15.3. The Morgan fingerprint density at radius 1 is 1.28 bits per heavy atom. The van der Waals surface area contributed by atoms with Crippen LogP contribution in [0, 0.1) is 5.92 Å². The van der Waals surface area contributed by atoms with Crippen molar-refractivity contribution in [1.29, 1.82) is 0 Å². The van der Waals surface area contributed by atoms with Gasteiger partial charge in [-0.05, 0) is 31.2 Å². The number of aliphatic imine (C=N–C) groups is 1. The van der Waals surface area contributed by atoms with Crippen LogP contribution in [0.5, 0.6) is 0 Å². The highest BCUT2D eigenvalue weighted by molar-refractivity contribution is 5.78. The van der Waals surface area contributed by atoms with E-state index in [-0.39, 0.29) is 0 Å². The van der Waals surface area contributed by atoms with Gasteiger partial charge in [0.15, 0.2) is 5.96 Å². The van der Waals surface area contributed by atoms with Gasteiger partial charge < -0.3 is 10.6 Å². The van der Waals surface area contributed by atoms with E-state index in [0.29, 0.717) is 24.5 Å². The number of rotatable bonds is 2. The van der Waals surface area contributed by atoms with Crippen molar-refractivity contribution in [2.45, 2.75) is 39.3 Å². The van der Waals surface area contributed by atoms with Crippen molar-refractivity contribution in [2.75, 3.05) is 6.54 Å². The quantitative estimate of drug-likeness (QED) is 0.643. The Morgan fingerprint density at radius 2 is 2.00 bits per heavy atom. The molecule has 98 valence electrons. The third-order valence-corrected chi connectivity index (χ3v) is 3.68. The fraction of sp³-hybridized carbons (Fsp3) is 0.533. The van der Waals surface area contributed by atoms with Gasteiger partial charge in [0, 0.05) is 12.6 Å². The lowest BCUT2D eigenvalue weighted by Crippen LogP contribution is -2.48. The van der Waals surface area contributed by atoms with E-state index in [1.807, 2.05) is 18.2 Å². The lowest BCUT2D eigenvalue weighted by Gasteiger charge is -2.37. The fourth-order valence-corrected chi connectivity index (χ4v) is 2.45. The molecule has 0 bridgehead atoms. The van der Waals surface area contributed by atoms with E-state index in [9.17, 15) is 0 Å². The van der Waals surface area contributed by atoms with Crippen LogP contribution in [0.15, 0.2) is 35.3 Å². The largest absolute Gasteiger partial charge is 0.370 e. The SMILES string of the molecule is CC1CCC(C)N(C(N)=NCc2ccccc2)C1. The van der Waals surface area contributed by atoms with Crippen molar-refractivity contribution in [3.8, 4) is 0 Å². The van der Waals surface area contributed by atoms with Crippen LogP contribution in [0.4, 0.5) is 0 Å². The Bertz CT molecular complexity index is 399. The van der Waals surface area contributed by atoms with Crippen LogP contribution in [0.3, 0.4) is 0 Å². The van der Waals surface area contributed by atoms with E-state index < -0.39 is 0 Å². The highest BCUT2D eigenvalue weighted by Crippen LogP contribution is 2.20. The summed E-state index contributed by atoms with van der Waals surface area (Å²) in [5.74, 6) is 1.41. The summed E-state index contributed by atoms with van der Waals surface area (Å²) >= 11 is 0. The Morgan fingerprint density at radius 3 is 2.72 bits per heavy atom. The Labute approximate surface area is 110 Å². The molecule has 1 aromatic rings. The molecule has 0 aromatic heterocycles. The minimum Gasteiger partial charge on any atom is -0.370 e. The van der Waals surface area contributed by atoms with Crippen LogP contribution in [0.25, 0.3) is 0 Å². The van der Waals surface area contributed by atoms with Crippen LogP contribution in [-0.2, 0) is 6.54 Å². The first-order valence-corrected chi connectivity index (χ1v) is 6.77. The van der Waals surface area contributed by atoms with Gasteiger partial charge in [-0.3, -0.25) is 0 Å². The summed E-state index contributed by atoms with van der Waals surface area (Å²) in [5.41, 5.74) is 7.33. The lowest BCUT2D eigenvalue weighted by molar-refractivity contribution is 0.204. The van der Waals surface area contributed by atoms with Gasteiger partial charge in [-0.2, -0.15) is 0 Å². The molecule has 2 unspecified atom stereocenters. The zero-order chi connectivity index (χ0) is 13.0. The molecule has 1 aliphatic rings.